The maximum atomic E-state index is 13.2. The van der Waals surface area contributed by atoms with Crippen LogP contribution < -0.4 is 0 Å². The van der Waals surface area contributed by atoms with E-state index in [1.165, 1.54) is 32.4 Å². The summed E-state index contributed by atoms with van der Waals surface area (Å²) in [4.78, 5) is 18.5. The van der Waals surface area contributed by atoms with Crippen LogP contribution in [-0.4, -0.2) is 41.3 Å². The van der Waals surface area contributed by atoms with Crippen molar-refractivity contribution >= 4 is 17.2 Å². The fraction of sp³-hybridized carbons (Fsp3) is 0.360. The van der Waals surface area contributed by atoms with Crippen LogP contribution in [0.15, 0.2) is 55.4 Å². The Balaban J connectivity index is 0. The summed E-state index contributed by atoms with van der Waals surface area (Å²) in [5, 5.41) is 0.885. The maximum absolute atomic E-state index is 13.2. The molecule has 3 aromatic rings. The summed E-state index contributed by atoms with van der Waals surface area (Å²) in [5.41, 5.74) is 3.88. The second kappa shape index (κ2) is 14.2. The van der Waals surface area contributed by atoms with Gasteiger partial charge in [0.2, 0.25) is 0 Å². The number of carbonyl (C=O) groups is 1. The van der Waals surface area contributed by atoms with Gasteiger partial charge >= 0.3 is 0 Å². The van der Waals surface area contributed by atoms with Gasteiger partial charge in [-0.25, -0.2) is 4.39 Å². The summed E-state index contributed by atoms with van der Waals surface area (Å²) >= 11 is 0. The number of hydrogen-bond donors (Lipinski definition) is 1. The number of aryl methyl sites for hydroxylation is 1. The smallest absolute Gasteiger partial charge is 0.123 e. The Labute approximate surface area is 182 Å². The molecule has 0 aliphatic rings. The molecule has 30 heavy (non-hydrogen) atoms. The van der Waals surface area contributed by atoms with E-state index in [0.717, 1.165) is 47.0 Å². The van der Waals surface area contributed by atoms with Gasteiger partial charge in [-0.05, 0) is 64.5 Å². The Morgan fingerprint density at radius 1 is 1.27 bits per heavy atom. The maximum Gasteiger partial charge on any atom is 0.123 e. The lowest BCUT2D eigenvalue weighted by molar-refractivity contribution is -0.106. The lowest BCUT2D eigenvalue weighted by Crippen LogP contribution is -2.20. The zero-order valence-electron chi connectivity index (χ0n) is 18.6. The zero-order valence-corrected chi connectivity index (χ0v) is 18.6. The van der Waals surface area contributed by atoms with Gasteiger partial charge in [0, 0.05) is 49.5 Å². The first-order valence-corrected chi connectivity index (χ1v) is 10.4. The third-order valence-corrected chi connectivity index (χ3v) is 4.47. The Bertz CT molecular complexity index is 898. The van der Waals surface area contributed by atoms with Crippen molar-refractivity contribution in [3.63, 3.8) is 0 Å². The van der Waals surface area contributed by atoms with Crippen LogP contribution in [0.25, 0.3) is 22.0 Å². The molecule has 3 rings (SSSR count). The van der Waals surface area contributed by atoms with E-state index in [1.54, 1.807) is 12.1 Å². The van der Waals surface area contributed by atoms with E-state index in [-0.39, 0.29) is 8.67 Å². The van der Waals surface area contributed by atoms with Crippen molar-refractivity contribution in [3.05, 3.63) is 66.9 Å². The number of nitrogens with one attached hydrogen (secondary N) is 1. The normalized spacial score (nSPS) is 10.1. The minimum Gasteiger partial charge on any atom is -0.361 e. The molecule has 0 aliphatic carbocycles. The quantitative estimate of drug-likeness (QED) is 0.346. The Morgan fingerprint density at radius 3 is 2.60 bits per heavy atom. The predicted molar refractivity (Wildman–Crippen MR) is 129 cm³/mol. The summed E-state index contributed by atoms with van der Waals surface area (Å²) < 4.78 is 13.2. The molecule has 0 saturated heterocycles. The van der Waals surface area contributed by atoms with E-state index in [1.807, 2.05) is 37.5 Å². The molecule has 0 amide bonds. The number of unbranched alkanes of at least 4 members (excludes halogenated alkanes) is 1. The van der Waals surface area contributed by atoms with E-state index in [2.05, 4.69) is 35.4 Å². The van der Waals surface area contributed by atoms with Crippen molar-refractivity contribution in [3.8, 4) is 11.1 Å². The van der Waals surface area contributed by atoms with Crippen molar-refractivity contribution < 1.29 is 12.0 Å². The van der Waals surface area contributed by atoms with Crippen LogP contribution in [0.1, 0.15) is 41.7 Å². The average Bonchev–Trinajstić information content (AvgIpc) is 3.15. The van der Waals surface area contributed by atoms with E-state index in [9.17, 15) is 4.39 Å². The second-order valence-electron chi connectivity index (χ2n) is 7.05. The van der Waals surface area contributed by atoms with Gasteiger partial charge in [-0.3, -0.25) is 4.98 Å². The lowest BCUT2D eigenvalue weighted by Gasteiger charge is -2.13. The highest BCUT2D eigenvalue weighted by Gasteiger charge is 2.07. The van der Waals surface area contributed by atoms with E-state index < -0.39 is 0 Å². The van der Waals surface area contributed by atoms with Gasteiger partial charge in [0.05, 0.1) is 0 Å². The van der Waals surface area contributed by atoms with Crippen LogP contribution in [0.4, 0.5) is 4.39 Å². The summed E-state index contributed by atoms with van der Waals surface area (Å²) in [7, 11) is 2.17. The van der Waals surface area contributed by atoms with Gasteiger partial charge in [-0.15, -0.1) is 6.58 Å². The SMILES string of the molecule is C=CCCN(C)CCCC.CC=O.Cc1ccc(-c2c[nH]c3ccc(F)cc23)cn1.[HH].[HH]. The molecule has 166 valence electrons. The molecule has 1 N–H and O–H groups in total. The molecule has 5 heteroatoms. The molecule has 0 unspecified atom stereocenters. The minimum absolute atomic E-state index is 0. The van der Waals surface area contributed by atoms with Gasteiger partial charge in [-0.1, -0.05) is 25.5 Å². The van der Waals surface area contributed by atoms with Crippen molar-refractivity contribution in [1.82, 2.24) is 14.9 Å². The highest BCUT2D eigenvalue weighted by atomic mass is 19.1. The van der Waals surface area contributed by atoms with Crippen LogP contribution in [-0.2, 0) is 4.79 Å². The van der Waals surface area contributed by atoms with Gasteiger partial charge < -0.3 is 14.7 Å². The van der Waals surface area contributed by atoms with Gasteiger partial charge in [0.1, 0.15) is 12.1 Å². The fourth-order valence-electron chi connectivity index (χ4n) is 2.81. The number of hydrogen-bond acceptors (Lipinski definition) is 3. The monoisotopic (exact) mass is 415 g/mol. The molecular formula is C25H38FN3O. The molecule has 0 aliphatic heterocycles. The van der Waals surface area contributed by atoms with Crippen LogP contribution in [0.3, 0.4) is 0 Å². The van der Waals surface area contributed by atoms with Crippen LogP contribution in [0, 0.1) is 12.7 Å². The van der Waals surface area contributed by atoms with E-state index in [0.29, 0.717) is 0 Å². The number of aromatic nitrogens is 2. The van der Waals surface area contributed by atoms with Crippen LogP contribution in [0.5, 0.6) is 0 Å². The van der Waals surface area contributed by atoms with Crippen molar-refractivity contribution in [1.29, 1.82) is 0 Å². The molecule has 0 saturated carbocycles. The summed E-state index contributed by atoms with van der Waals surface area (Å²) in [5.74, 6) is -0.224. The second-order valence-corrected chi connectivity index (χ2v) is 7.05. The van der Waals surface area contributed by atoms with Crippen molar-refractivity contribution in [2.75, 3.05) is 20.1 Å². The number of aromatic amines is 1. The third kappa shape index (κ3) is 8.70. The largest absolute Gasteiger partial charge is 0.361 e. The third-order valence-electron chi connectivity index (χ3n) is 4.47. The van der Waals surface area contributed by atoms with Gasteiger partial charge in [-0.2, -0.15) is 0 Å². The lowest BCUT2D eigenvalue weighted by atomic mass is 10.1. The molecule has 0 spiro atoms. The molecule has 0 atom stereocenters. The Morgan fingerprint density at radius 2 is 2.00 bits per heavy atom. The molecule has 2 heterocycles. The summed E-state index contributed by atoms with van der Waals surface area (Å²) in [6.45, 7) is 11.7. The standard InChI is InChI=1S/C14H11FN2.C9H19N.C2H4O.2H2/c1-9-2-3-10(7-16-9)13-8-17-14-5-4-11(15)6-12(13)14;1-4-6-8-10(3)9-7-5-2;1-2-3;;/h2-8,17H,1H3;4H,1,5-9H2,2-3H3;2H,1H3;2*1H. The molecule has 1 aromatic carbocycles. The van der Waals surface area contributed by atoms with Gasteiger partial charge in [0.15, 0.2) is 0 Å². The molecule has 0 radical (unpaired) electrons. The van der Waals surface area contributed by atoms with E-state index >= 15 is 0 Å². The first kappa shape index (κ1) is 25.2. The number of nitrogens with zero attached hydrogens (tertiary/aromatic N) is 2. The number of H-pyrrole nitrogens is 1. The van der Waals surface area contributed by atoms with Gasteiger partial charge in [0.25, 0.3) is 0 Å². The van der Waals surface area contributed by atoms with E-state index in [4.69, 9.17) is 4.79 Å². The Hall–Kier alpha value is -2.79. The molecular weight excluding hydrogens is 377 g/mol. The first-order chi connectivity index (χ1) is 14.5. The van der Waals surface area contributed by atoms with Crippen LogP contribution in [0.2, 0.25) is 0 Å². The average molecular weight is 416 g/mol. The highest BCUT2D eigenvalue weighted by Crippen LogP contribution is 2.28. The first-order valence-electron chi connectivity index (χ1n) is 10.4. The number of carbonyl (C=O) groups excluding carboxylic acids is 1. The van der Waals surface area contributed by atoms with Crippen molar-refractivity contribution in [2.45, 2.75) is 40.0 Å². The fourth-order valence-corrected chi connectivity index (χ4v) is 2.81. The number of fused-ring (bicyclic) bond motifs is 1. The topological polar surface area (TPSA) is 49.0 Å². The molecule has 4 nitrogen and oxygen atoms in total. The number of rotatable bonds is 7. The number of pyridine rings is 1. The zero-order chi connectivity index (χ0) is 22.4. The van der Waals surface area contributed by atoms with Crippen LogP contribution >= 0.6 is 0 Å². The molecule has 2 aromatic heterocycles. The summed E-state index contributed by atoms with van der Waals surface area (Å²) in [6.07, 6.45) is 10.1. The number of halogens is 1. The van der Waals surface area contributed by atoms with Crippen molar-refractivity contribution in [2.24, 2.45) is 0 Å². The highest BCUT2D eigenvalue weighted by molar-refractivity contribution is 5.95. The molecule has 0 fully saturated rings. The summed E-state index contributed by atoms with van der Waals surface area (Å²) in [6, 6.07) is 8.69. The molecule has 0 bridgehead atoms. The minimum atomic E-state index is -0.224. The predicted octanol–water partition coefficient (Wildman–Crippen LogP) is 6.67. The number of benzene rings is 1. The Kier molecular flexibility index (Phi) is 12.0. The number of aldehydes is 1.